The summed E-state index contributed by atoms with van der Waals surface area (Å²) in [6.07, 6.45) is -0.803. The van der Waals surface area contributed by atoms with Crippen molar-refractivity contribution in [2.45, 2.75) is 32.3 Å². The molecule has 1 aliphatic carbocycles. The Labute approximate surface area is 203 Å². The van der Waals surface area contributed by atoms with Crippen LogP contribution in [-0.2, 0) is 19.1 Å². The third kappa shape index (κ3) is 6.97. The van der Waals surface area contributed by atoms with Crippen LogP contribution in [0.4, 0.5) is 4.79 Å². The van der Waals surface area contributed by atoms with Crippen molar-refractivity contribution in [3.63, 3.8) is 0 Å². The first-order valence-corrected chi connectivity index (χ1v) is 11.3. The van der Waals surface area contributed by atoms with E-state index in [-0.39, 0.29) is 25.6 Å². The van der Waals surface area contributed by atoms with Crippen LogP contribution in [-0.4, -0.2) is 61.3 Å². The van der Waals surface area contributed by atoms with Gasteiger partial charge in [0.2, 0.25) is 5.91 Å². The molecule has 1 aliphatic rings. The zero-order valence-corrected chi connectivity index (χ0v) is 20.1. The van der Waals surface area contributed by atoms with E-state index in [9.17, 15) is 14.4 Å². The number of rotatable bonds is 9. The first-order chi connectivity index (χ1) is 16.7. The van der Waals surface area contributed by atoms with Crippen LogP contribution in [0.25, 0.3) is 21.6 Å². The number of amides is 2. The summed E-state index contributed by atoms with van der Waals surface area (Å²) in [7, 11) is 0. The lowest BCUT2D eigenvalue weighted by atomic mass is 9.98. The standard InChI is InChI=1S/C25H29N5O5/c1-25(2,3)35-23(32)15-30(14-22(31)27-12-13-28-29-26)24(33)34-16-21-19-10-6-4-8-17(19)18-9-5-7-11-20(18)21/h4-11,21H,12-16H2,1-3H3,(H,27,31). The molecule has 10 nitrogen and oxygen atoms in total. The molecule has 3 rings (SSSR count). The Kier molecular flexibility index (Phi) is 8.33. The van der Waals surface area contributed by atoms with Crippen LogP contribution in [0.15, 0.2) is 53.6 Å². The van der Waals surface area contributed by atoms with E-state index in [0.717, 1.165) is 27.2 Å². The third-order valence-corrected chi connectivity index (χ3v) is 5.27. The van der Waals surface area contributed by atoms with E-state index in [0.29, 0.717) is 0 Å². The average Bonchev–Trinajstić information content (AvgIpc) is 3.12. The van der Waals surface area contributed by atoms with E-state index in [1.54, 1.807) is 20.8 Å². The van der Waals surface area contributed by atoms with E-state index >= 15 is 0 Å². The number of nitrogens with one attached hydrogen (secondary N) is 1. The summed E-state index contributed by atoms with van der Waals surface area (Å²) >= 11 is 0. The Hall–Kier alpha value is -4.04. The van der Waals surface area contributed by atoms with E-state index < -0.39 is 36.7 Å². The van der Waals surface area contributed by atoms with Gasteiger partial charge in [-0.05, 0) is 48.6 Å². The van der Waals surface area contributed by atoms with Gasteiger partial charge in [0.25, 0.3) is 0 Å². The maximum atomic E-state index is 13.0. The van der Waals surface area contributed by atoms with Crippen molar-refractivity contribution in [3.05, 3.63) is 70.1 Å². The second kappa shape index (κ2) is 11.4. The molecule has 10 heteroatoms. The molecule has 0 radical (unpaired) electrons. The van der Waals surface area contributed by atoms with Crippen molar-refractivity contribution in [1.82, 2.24) is 10.2 Å². The van der Waals surface area contributed by atoms with Crippen molar-refractivity contribution in [2.24, 2.45) is 5.11 Å². The average molecular weight is 480 g/mol. The number of esters is 1. The third-order valence-electron chi connectivity index (χ3n) is 5.27. The number of azide groups is 1. The minimum Gasteiger partial charge on any atom is -0.459 e. The second-order valence-electron chi connectivity index (χ2n) is 9.05. The van der Waals surface area contributed by atoms with Crippen LogP contribution >= 0.6 is 0 Å². The highest BCUT2D eigenvalue weighted by Crippen LogP contribution is 2.44. The maximum Gasteiger partial charge on any atom is 0.410 e. The van der Waals surface area contributed by atoms with Crippen LogP contribution in [0.5, 0.6) is 0 Å². The summed E-state index contributed by atoms with van der Waals surface area (Å²) in [5, 5.41) is 5.89. The van der Waals surface area contributed by atoms with Gasteiger partial charge in [-0.25, -0.2) is 4.79 Å². The summed E-state index contributed by atoms with van der Waals surface area (Å²) in [6, 6.07) is 15.9. The van der Waals surface area contributed by atoms with Gasteiger partial charge >= 0.3 is 12.1 Å². The van der Waals surface area contributed by atoms with Crippen molar-refractivity contribution in [1.29, 1.82) is 0 Å². The van der Waals surface area contributed by atoms with Gasteiger partial charge in [-0.2, -0.15) is 0 Å². The number of benzene rings is 2. The topological polar surface area (TPSA) is 134 Å². The van der Waals surface area contributed by atoms with E-state index in [1.165, 1.54) is 0 Å². The molecular weight excluding hydrogens is 450 g/mol. The first-order valence-electron chi connectivity index (χ1n) is 11.3. The highest BCUT2D eigenvalue weighted by Gasteiger charge is 2.31. The fraction of sp³-hybridized carbons (Fsp3) is 0.400. The lowest BCUT2D eigenvalue weighted by molar-refractivity contribution is -0.155. The second-order valence-corrected chi connectivity index (χ2v) is 9.05. The smallest absolute Gasteiger partial charge is 0.410 e. The zero-order valence-electron chi connectivity index (χ0n) is 20.1. The summed E-state index contributed by atoms with van der Waals surface area (Å²) in [5.74, 6) is -1.34. The van der Waals surface area contributed by atoms with Crippen LogP contribution in [0, 0.1) is 0 Å². The Bertz CT molecular complexity index is 1090. The number of hydrogen-bond acceptors (Lipinski definition) is 6. The Morgan fingerprint density at radius 2 is 1.63 bits per heavy atom. The molecule has 0 bridgehead atoms. The number of nitrogens with zero attached hydrogens (tertiary/aromatic N) is 4. The Morgan fingerprint density at radius 1 is 1.03 bits per heavy atom. The van der Waals surface area contributed by atoms with Crippen LogP contribution in [0.2, 0.25) is 0 Å². The number of carbonyl (C=O) groups is 3. The van der Waals surface area contributed by atoms with Crippen molar-refractivity contribution < 1.29 is 23.9 Å². The molecule has 0 saturated carbocycles. The quantitative estimate of drug-likeness (QED) is 0.191. The van der Waals surface area contributed by atoms with E-state index in [1.807, 2.05) is 48.5 Å². The van der Waals surface area contributed by atoms with Crippen molar-refractivity contribution in [2.75, 3.05) is 32.8 Å². The molecule has 2 amide bonds. The van der Waals surface area contributed by atoms with Gasteiger partial charge in [-0.15, -0.1) is 0 Å². The number of ether oxygens (including phenoxy) is 2. The zero-order chi connectivity index (χ0) is 25.4. The Morgan fingerprint density at radius 3 is 2.20 bits per heavy atom. The van der Waals surface area contributed by atoms with Gasteiger partial charge in [-0.3, -0.25) is 14.5 Å². The van der Waals surface area contributed by atoms with Gasteiger partial charge in [0, 0.05) is 23.9 Å². The molecule has 0 atom stereocenters. The molecule has 1 N–H and O–H groups in total. The van der Waals surface area contributed by atoms with E-state index in [4.69, 9.17) is 15.0 Å². The molecule has 0 unspecified atom stereocenters. The minimum absolute atomic E-state index is 0.0518. The number of carbonyl (C=O) groups excluding carboxylic acids is 3. The van der Waals surface area contributed by atoms with Crippen LogP contribution < -0.4 is 5.32 Å². The van der Waals surface area contributed by atoms with Crippen LogP contribution in [0.3, 0.4) is 0 Å². The predicted octanol–water partition coefficient (Wildman–Crippen LogP) is 4.01. The Balaban J connectivity index is 1.70. The molecule has 0 spiro atoms. The summed E-state index contributed by atoms with van der Waals surface area (Å²) in [6.45, 7) is 4.51. The lowest BCUT2D eigenvalue weighted by Gasteiger charge is -2.25. The lowest BCUT2D eigenvalue weighted by Crippen LogP contribution is -2.45. The summed E-state index contributed by atoms with van der Waals surface area (Å²) in [5.41, 5.74) is 11.9. The molecule has 2 aromatic rings. The summed E-state index contributed by atoms with van der Waals surface area (Å²) < 4.78 is 10.9. The number of hydrogen-bond donors (Lipinski definition) is 1. The molecule has 2 aromatic carbocycles. The largest absolute Gasteiger partial charge is 0.459 e. The molecule has 35 heavy (non-hydrogen) atoms. The van der Waals surface area contributed by atoms with Crippen molar-refractivity contribution >= 4 is 18.0 Å². The highest BCUT2D eigenvalue weighted by atomic mass is 16.6. The first kappa shape index (κ1) is 25.6. The van der Waals surface area contributed by atoms with Gasteiger partial charge in [0.05, 0.1) is 0 Å². The van der Waals surface area contributed by atoms with Crippen molar-refractivity contribution in [3.8, 4) is 11.1 Å². The van der Waals surface area contributed by atoms with Crippen LogP contribution in [0.1, 0.15) is 37.8 Å². The normalized spacial score (nSPS) is 12.1. The highest BCUT2D eigenvalue weighted by molar-refractivity contribution is 5.85. The van der Waals surface area contributed by atoms with E-state index in [2.05, 4.69) is 15.3 Å². The predicted molar refractivity (Wildman–Crippen MR) is 130 cm³/mol. The minimum atomic E-state index is -0.803. The molecule has 0 aliphatic heterocycles. The summed E-state index contributed by atoms with van der Waals surface area (Å²) in [4.78, 5) is 41.3. The van der Waals surface area contributed by atoms with Gasteiger partial charge in [-0.1, -0.05) is 53.6 Å². The number of fused-ring (bicyclic) bond motifs is 3. The molecule has 0 heterocycles. The molecule has 0 aromatic heterocycles. The van der Waals surface area contributed by atoms with Gasteiger partial charge in [0.1, 0.15) is 25.3 Å². The molecular formula is C25H29N5O5. The fourth-order valence-corrected chi connectivity index (χ4v) is 3.92. The molecule has 0 saturated heterocycles. The fourth-order valence-electron chi connectivity index (χ4n) is 3.92. The van der Waals surface area contributed by atoms with Gasteiger partial charge in [0.15, 0.2) is 0 Å². The maximum absolute atomic E-state index is 13.0. The molecule has 184 valence electrons. The molecule has 0 fully saturated rings. The van der Waals surface area contributed by atoms with Gasteiger partial charge < -0.3 is 14.8 Å². The monoisotopic (exact) mass is 479 g/mol. The SMILES string of the molecule is CC(C)(C)OC(=O)CN(CC(=O)NCCN=[N+]=[N-])C(=O)OCC1c2ccccc2-c2ccccc21.